The van der Waals surface area contributed by atoms with E-state index in [-0.39, 0.29) is 38.1 Å². The molecule has 3 N–H and O–H groups in total. The number of carbonyl (C=O) groups is 3. The van der Waals surface area contributed by atoms with E-state index in [9.17, 15) is 19.5 Å². The van der Waals surface area contributed by atoms with E-state index in [0.29, 0.717) is 35.3 Å². The molecule has 1 aliphatic heterocycles. The van der Waals surface area contributed by atoms with Gasteiger partial charge < -0.3 is 30.1 Å². The van der Waals surface area contributed by atoms with Crippen molar-refractivity contribution in [3.05, 3.63) is 59.9 Å². The van der Waals surface area contributed by atoms with Crippen molar-refractivity contribution in [1.29, 1.82) is 0 Å². The fourth-order valence-corrected chi connectivity index (χ4v) is 4.49. The minimum absolute atomic E-state index is 0.0170. The molecule has 0 saturated heterocycles. The molecule has 0 fully saturated rings. The van der Waals surface area contributed by atoms with E-state index in [0.717, 1.165) is 5.56 Å². The van der Waals surface area contributed by atoms with Crippen LogP contribution in [0.3, 0.4) is 0 Å². The molecule has 218 valence electrons. The number of benzene rings is 2. The van der Waals surface area contributed by atoms with Crippen LogP contribution in [0.5, 0.6) is 11.5 Å². The number of amides is 3. The van der Waals surface area contributed by atoms with Crippen LogP contribution in [-0.4, -0.2) is 81.9 Å². The van der Waals surface area contributed by atoms with Crippen molar-refractivity contribution in [2.75, 3.05) is 33.4 Å². The van der Waals surface area contributed by atoms with Crippen molar-refractivity contribution >= 4 is 17.7 Å². The topological polar surface area (TPSA) is 148 Å². The molecule has 3 aromatic rings. The van der Waals surface area contributed by atoms with Gasteiger partial charge in [-0.1, -0.05) is 44.2 Å². The Bertz CT molecular complexity index is 1370. The number of aromatic nitrogens is 3. The maximum Gasteiger partial charge on any atom is 0.251 e. The van der Waals surface area contributed by atoms with E-state index in [2.05, 4.69) is 10.6 Å². The van der Waals surface area contributed by atoms with E-state index < -0.39 is 24.0 Å². The third kappa shape index (κ3) is 7.20. The maximum absolute atomic E-state index is 13.3. The van der Waals surface area contributed by atoms with Crippen LogP contribution in [0.2, 0.25) is 0 Å². The Morgan fingerprint density at radius 1 is 1.10 bits per heavy atom. The zero-order chi connectivity index (χ0) is 29.5. The SMILES string of the molecule is COc1ccc2cc1OCCn1nc(-c3ccccc3)nc1[C@@H](C(C)C)NC(=O)CN(C(=O)[C@@H](C)O)CCNC2=O. The first-order valence-electron chi connectivity index (χ1n) is 13.5. The monoisotopic (exact) mass is 564 g/mol. The average Bonchev–Trinajstić information content (AvgIpc) is 3.38. The van der Waals surface area contributed by atoms with Gasteiger partial charge in [-0.25, -0.2) is 9.67 Å². The molecule has 2 bridgehead atoms. The summed E-state index contributed by atoms with van der Waals surface area (Å²) in [6, 6.07) is 13.8. The summed E-state index contributed by atoms with van der Waals surface area (Å²) in [4.78, 5) is 44.9. The smallest absolute Gasteiger partial charge is 0.251 e. The standard InChI is InChI=1S/C29H36N6O6/c1-18(2)25-27-32-26(20-8-6-5-7-9-20)33-35(27)14-15-41-23-16-21(10-11-22(23)40-4)28(38)30-12-13-34(17-24(37)31-25)29(39)19(3)36/h5-11,16,18-19,25,36H,12-15,17H2,1-4H3,(H,30,38)(H,31,37)/t19-,25-/m1/s1. The second-order valence-corrected chi connectivity index (χ2v) is 10.1. The summed E-state index contributed by atoms with van der Waals surface area (Å²) in [7, 11) is 1.52. The molecular weight excluding hydrogens is 528 g/mol. The first kappa shape index (κ1) is 29.5. The summed E-state index contributed by atoms with van der Waals surface area (Å²) in [5.74, 6) is 0.355. The Morgan fingerprint density at radius 2 is 1.85 bits per heavy atom. The van der Waals surface area contributed by atoms with Crippen LogP contribution in [0.15, 0.2) is 48.5 Å². The summed E-state index contributed by atoms with van der Waals surface area (Å²) < 4.78 is 13.2. The molecule has 2 atom stereocenters. The molecule has 2 heterocycles. The predicted molar refractivity (Wildman–Crippen MR) is 150 cm³/mol. The summed E-state index contributed by atoms with van der Waals surface area (Å²) >= 11 is 0. The van der Waals surface area contributed by atoms with Gasteiger partial charge in [0.15, 0.2) is 23.1 Å². The van der Waals surface area contributed by atoms with Gasteiger partial charge in [0.2, 0.25) is 5.91 Å². The summed E-state index contributed by atoms with van der Waals surface area (Å²) in [5.41, 5.74) is 1.16. The number of methoxy groups -OCH3 is 1. The van der Waals surface area contributed by atoms with E-state index >= 15 is 0 Å². The normalized spacial score (nSPS) is 17.5. The van der Waals surface area contributed by atoms with Gasteiger partial charge in [-0.15, -0.1) is 0 Å². The molecule has 1 aliphatic rings. The first-order valence-corrected chi connectivity index (χ1v) is 13.5. The van der Waals surface area contributed by atoms with Gasteiger partial charge in [0.25, 0.3) is 11.8 Å². The third-order valence-corrected chi connectivity index (χ3v) is 6.65. The fourth-order valence-electron chi connectivity index (χ4n) is 4.49. The quantitative estimate of drug-likeness (QED) is 0.435. The van der Waals surface area contributed by atoms with Crippen molar-refractivity contribution < 1.29 is 29.0 Å². The molecule has 0 radical (unpaired) electrons. The average molecular weight is 565 g/mol. The number of aliphatic hydroxyl groups excluding tert-OH is 1. The van der Waals surface area contributed by atoms with Gasteiger partial charge >= 0.3 is 0 Å². The van der Waals surface area contributed by atoms with Crippen LogP contribution in [0.25, 0.3) is 11.4 Å². The minimum atomic E-state index is -1.31. The molecule has 1 aromatic heterocycles. The molecule has 12 heteroatoms. The molecule has 0 aliphatic carbocycles. The van der Waals surface area contributed by atoms with Gasteiger partial charge in [-0.05, 0) is 31.0 Å². The van der Waals surface area contributed by atoms with Crippen LogP contribution in [0.4, 0.5) is 0 Å². The zero-order valence-electron chi connectivity index (χ0n) is 23.7. The largest absolute Gasteiger partial charge is 0.493 e. The fraction of sp³-hybridized carbons (Fsp3) is 0.414. The number of fused-ring (bicyclic) bond motifs is 3. The van der Waals surface area contributed by atoms with E-state index in [1.54, 1.807) is 22.9 Å². The highest BCUT2D eigenvalue weighted by molar-refractivity contribution is 5.95. The van der Waals surface area contributed by atoms with Crippen LogP contribution in [0.1, 0.15) is 43.0 Å². The predicted octanol–water partition coefficient (Wildman–Crippen LogP) is 1.80. The lowest BCUT2D eigenvalue weighted by molar-refractivity contribution is -0.142. The van der Waals surface area contributed by atoms with E-state index in [1.807, 2.05) is 44.2 Å². The molecule has 3 amide bonds. The number of ether oxygens (including phenoxy) is 2. The molecule has 41 heavy (non-hydrogen) atoms. The molecule has 0 unspecified atom stereocenters. The van der Waals surface area contributed by atoms with Crippen LogP contribution >= 0.6 is 0 Å². The lowest BCUT2D eigenvalue weighted by Crippen LogP contribution is -2.48. The van der Waals surface area contributed by atoms with Crippen LogP contribution < -0.4 is 20.1 Å². The Balaban J connectivity index is 1.74. The maximum atomic E-state index is 13.3. The first-order chi connectivity index (χ1) is 19.7. The molecule has 4 rings (SSSR count). The number of nitrogens with zero attached hydrogens (tertiary/aromatic N) is 4. The van der Waals surface area contributed by atoms with Gasteiger partial charge in [0.05, 0.1) is 26.2 Å². The molecule has 0 saturated carbocycles. The highest BCUT2D eigenvalue weighted by Crippen LogP contribution is 2.29. The van der Waals surface area contributed by atoms with Crippen molar-refractivity contribution in [3.8, 4) is 22.9 Å². The molecule has 0 spiro atoms. The van der Waals surface area contributed by atoms with E-state index in [1.165, 1.54) is 18.9 Å². The zero-order valence-corrected chi connectivity index (χ0v) is 23.7. The van der Waals surface area contributed by atoms with E-state index in [4.69, 9.17) is 19.6 Å². The van der Waals surface area contributed by atoms with Gasteiger partial charge in [-0.3, -0.25) is 14.4 Å². The van der Waals surface area contributed by atoms with Crippen molar-refractivity contribution in [2.24, 2.45) is 5.92 Å². The molecular formula is C29H36N6O6. The second kappa shape index (κ2) is 13.3. The Kier molecular flexibility index (Phi) is 9.56. The second-order valence-electron chi connectivity index (χ2n) is 10.1. The lowest BCUT2D eigenvalue weighted by atomic mass is 10.0. The lowest BCUT2D eigenvalue weighted by Gasteiger charge is -2.26. The Labute approximate surface area is 238 Å². The number of rotatable bonds is 4. The molecule has 12 nitrogen and oxygen atoms in total. The minimum Gasteiger partial charge on any atom is -0.493 e. The van der Waals surface area contributed by atoms with Gasteiger partial charge in [0.1, 0.15) is 12.7 Å². The number of carbonyl (C=O) groups excluding carboxylic acids is 3. The Hall–Kier alpha value is -4.45. The van der Waals surface area contributed by atoms with Gasteiger partial charge in [0, 0.05) is 24.2 Å². The summed E-state index contributed by atoms with van der Waals surface area (Å²) in [6.45, 7) is 5.49. The number of hydrogen-bond acceptors (Lipinski definition) is 8. The molecule has 2 aromatic carbocycles. The number of hydrogen-bond donors (Lipinski definition) is 3. The number of nitrogens with one attached hydrogen (secondary N) is 2. The third-order valence-electron chi connectivity index (χ3n) is 6.65. The number of aliphatic hydroxyl groups is 1. The van der Waals surface area contributed by atoms with Crippen LogP contribution in [0, 0.1) is 5.92 Å². The van der Waals surface area contributed by atoms with Crippen molar-refractivity contribution in [3.63, 3.8) is 0 Å². The highest BCUT2D eigenvalue weighted by atomic mass is 16.5. The highest BCUT2D eigenvalue weighted by Gasteiger charge is 2.28. The Morgan fingerprint density at radius 3 is 2.54 bits per heavy atom. The van der Waals surface area contributed by atoms with Gasteiger partial charge in [-0.2, -0.15) is 5.10 Å². The van der Waals surface area contributed by atoms with Crippen molar-refractivity contribution in [1.82, 2.24) is 30.3 Å². The summed E-state index contributed by atoms with van der Waals surface area (Å²) in [6.07, 6.45) is -1.31. The van der Waals surface area contributed by atoms with Crippen molar-refractivity contribution in [2.45, 2.75) is 39.5 Å². The van der Waals surface area contributed by atoms with Crippen LogP contribution in [-0.2, 0) is 16.1 Å². The summed E-state index contributed by atoms with van der Waals surface area (Å²) in [5, 5.41) is 20.4.